The number of nitrogens with zero attached hydrogens (tertiary/aromatic N) is 3. The van der Waals surface area contributed by atoms with Crippen molar-refractivity contribution in [3.05, 3.63) is 52.0 Å². The highest BCUT2D eigenvalue weighted by molar-refractivity contribution is 7.22. The summed E-state index contributed by atoms with van der Waals surface area (Å²) in [6, 6.07) is 11.4. The fourth-order valence-corrected chi connectivity index (χ4v) is 7.00. The van der Waals surface area contributed by atoms with Gasteiger partial charge < -0.3 is 14.4 Å². The molecule has 0 unspecified atom stereocenters. The summed E-state index contributed by atoms with van der Waals surface area (Å²) in [5.74, 6) is 0.405. The molecule has 0 aliphatic carbocycles. The molecule has 2 aliphatic rings. The molecule has 5 rings (SSSR count). The lowest BCUT2D eigenvalue weighted by molar-refractivity contribution is -0.139. The minimum Gasteiger partial charge on any atom is -0.493 e. The number of methoxy groups -OCH3 is 1. The van der Waals surface area contributed by atoms with E-state index < -0.39 is 0 Å². The van der Waals surface area contributed by atoms with Gasteiger partial charge in [-0.2, -0.15) is 0 Å². The van der Waals surface area contributed by atoms with Crippen LogP contribution in [0.25, 0.3) is 10.2 Å². The zero-order valence-electron chi connectivity index (χ0n) is 20.5. The van der Waals surface area contributed by atoms with Gasteiger partial charge in [-0.05, 0) is 87.2 Å². The highest BCUT2D eigenvalue weighted by Gasteiger charge is 2.41. The van der Waals surface area contributed by atoms with Crippen molar-refractivity contribution in [1.29, 1.82) is 0 Å². The number of hydrogen-bond acceptors (Lipinski definition) is 7. The number of ether oxygens (including phenoxy) is 2. The van der Waals surface area contributed by atoms with Crippen LogP contribution in [0.15, 0.2) is 36.4 Å². The highest BCUT2D eigenvalue weighted by Crippen LogP contribution is 2.39. The molecular formula is C27H31Cl2N3O3S. The number of rotatable bonds is 8. The summed E-state index contributed by atoms with van der Waals surface area (Å²) in [7, 11) is 1.39. The molecule has 0 amide bonds. The Bertz CT molecular complexity index is 1220. The molecule has 0 saturated carbocycles. The minimum absolute atomic E-state index is 0.125. The van der Waals surface area contributed by atoms with Crippen LogP contribution < -0.4 is 9.64 Å². The van der Waals surface area contributed by atoms with E-state index in [1.807, 2.05) is 30.3 Å². The van der Waals surface area contributed by atoms with Gasteiger partial charge in [0.2, 0.25) is 0 Å². The lowest BCUT2D eigenvalue weighted by atomic mass is 9.83. The molecule has 0 N–H and O–H groups in total. The standard InChI is InChI=1S/C27H31Cl2N3O3S/c1-34-25(33)16-19-14-21(29)17-22(15-19)35-13-8-27(32-9-2-3-10-32)6-11-31(12-7-27)26-30-23-5-4-20(28)18-24(23)36-26/h4-5,14-15,17-18H,2-3,6-13,16H2,1H3. The van der Waals surface area contributed by atoms with Gasteiger partial charge in [0, 0.05) is 28.7 Å². The quantitative estimate of drug-likeness (QED) is 0.312. The maximum atomic E-state index is 11.7. The van der Waals surface area contributed by atoms with E-state index in [9.17, 15) is 4.79 Å². The van der Waals surface area contributed by atoms with Gasteiger partial charge in [0.1, 0.15) is 5.75 Å². The Morgan fingerprint density at radius 1 is 1.06 bits per heavy atom. The molecule has 2 aliphatic heterocycles. The number of esters is 1. The molecule has 1 aromatic heterocycles. The van der Waals surface area contributed by atoms with Gasteiger partial charge in [0.05, 0.1) is 30.4 Å². The molecule has 3 aromatic rings. The monoisotopic (exact) mass is 547 g/mol. The second-order valence-corrected chi connectivity index (χ2v) is 11.5. The van der Waals surface area contributed by atoms with Crippen molar-refractivity contribution in [3.63, 3.8) is 0 Å². The number of aromatic nitrogens is 1. The smallest absolute Gasteiger partial charge is 0.309 e. The first kappa shape index (κ1) is 25.6. The zero-order chi connectivity index (χ0) is 25.1. The van der Waals surface area contributed by atoms with Crippen LogP contribution in [0, 0.1) is 0 Å². The molecule has 0 radical (unpaired) electrons. The zero-order valence-corrected chi connectivity index (χ0v) is 22.8. The summed E-state index contributed by atoms with van der Waals surface area (Å²) in [6.45, 7) is 4.86. The summed E-state index contributed by atoms with van der Waals surface area (Å²) in [5, 5.41) is 2.39. The molecule has 2 fully saturated rings. The SMILES string of the molecule is COC(=O)Cc1cc(Cl)cc(OCCC2(N3CCCC3)CCN(c3nc4ccc(Cl)cc4s3)CC2)c1. The Balaban J connectivity index is 1.25. The molecule has 3 heterocycles. The number of likely N-dealkylation sites (tertiary alicyclic amines) is 1. The normalized spacial score (nSPS) is 18.0. The van der Waals surface area contributed by atoms with Crippen LogP contribution in [0.1, 0.15) is 37.7 Å². The molecule has 2 aromatic carbocycles. The maximum absolute atomic E-state index is 11.7. The van der Waals surface area contributed by atoms with Crippen LogP contribution in [0.4, 0.5) is 5.13 Å². The number of fused-ring (bicyclic) bond motifs is 1. The van der Waals surface area contributed by atoms with Gasteiger partial charge in [-0.15, -0.1) is 0 Å². The Morgan fingerprint density at radius 3 is 2.58 bits per heavy atom. The molecule has 192 valence electrons. The van der Waals surface area contributed by atoms with Crippen molar-refractivity contribution in [3.8, 4) is 5.75 Å². The minimum atomic E-state index is -0.292. The summed E-state index contributed by atoms with van der Waals surface area (Å²) in [6.07, 6.45) is 5.81. The third-order valence-electron chi connectivity index (χ3n) is 7.42. The molecule has 6 nitrogen and oxygen atoms in total. The number of benzene rings is 2. The van der Waals surface area contributed by atoms with Gasteiger partial charge in [-0.25, -0.2) is 4.98 Å². The van der Waals surface area contributed by atoms with Crippen LogP contribution in [0.3, 0.4) is 0 Å². The van der Waals surface area contributed by atoms with Gasteiger partial charge in [-0.3, -0.25) is 9.69 Å². The number of piperidine rings is 1. The lowest BCUT2D eigenvalue weighted by Gasteiger charge is -2.47. The van der Waals surface area contributed by atoms with Crippen molar-refractivity contribution in [2.75, 3.05) is 44.8 Å². The van der Waals surface area contributed by atoms with E-state index in [2.05, 4.69) is 9.80 Å². The number of carbonyl (C=O) groups is 1. The molecule has 0 bridgehead atoms. The first-order valence-corrected chi connectivity index (χ1v) is 14.1. The average molecular weight is 549 g/mol. The van der Waals surface area contributed by atoms with E-state index in [-0.39, 0.29) is 17.9 Å². The highest BCUT2D eigenvalue weighted by atomic mass is 35.5. The number of anilines is 1. The molecule has 36 heavy (non-hydrogen) atoms. The predicted octanol–water partition coefficient (Wildman–Crippen LogP) is 6.22. The summed E-state index contributed by atoms with van der Waals surface area (Å²) < 4.78 is 12.1. The Kier molecular flexibility index (Phi) is 7.91. The van der Waals surface area contributed by atoms with E-state index in [0.29, 0.717) is 17.4 Å². The van der Waals surface area contributed by atoms with E-state index in [1.54, 1.807) is 17.4 Å². The van der Waals surface area contributed by atoms with Crippen LogP contribution in [-0.4, -0.2) is 61.3 Å². The second kappa shape index (κ2) is 11.1. The van der Waals surface area contributed by atoms with Crippen LogP contribution >= 0.6 is 34.5 Å². The van der Waals surface area contributed by atoms with E-state index in [4.69, 9.17) is 37.7 Å². The fourth-order valence-electron chi connectivity index (χ4n) is 5.46. The van der Waals surface area contributed by atoms with Crippen molar-refractivity contribution >= 4 is 55.9 Å². The van der Waals surface area contributed by atoms with Gasteiger partial charge in [-0.1, -0.05) is 34.5 Å². The van der Waals surface area contributed by atoms with Crippen molar-refractivity contribution < 1.29 is 14.3 Å². The van der Waals surface area contributed by atoms with E-state index in [0.717, 1.165) is 71.4 Å². The first-order chi connectivity index (χ1) is 17.4. The molecule has 2 saturated heterocycles. The Labute approximate surface area is 226 Å². The van der Waals surface area contributed by atoms with Crippen molar-refractivity contribution in [2.24, 2.45) is 0 Å². The molecule has 0 spiro atoms. The van der Waals surface area contributed by atoms with Crippen LogP contribution in [0.5, 0.6) is 5.75 Å². The van der Waals surface area contributed by atoms with Gasteiger partial charge >= 0.3 is 5.97 Å². The largest absolute Gasteiger partial charge is 0.493 e. The third-order valence-corrected chi connectivity index (χ3v) is 8.96. The fraction of sp³-hybridized carbons (Fsp3) is 0.481. The number of carbonyl (C=O) groups excluding carboxylic acids is 1. The topological polar surface area (TPSA) is 54.9 Å². The van der Waals surface area contributed by atoms with Crippen molar-refractivity contribution in [2.45, 2.75) is 44.1 Å². The summed E-state index contributed by atoms with van der Waals surface area (Å²) >= 11 is 14.2. The summed E-state index contributed by atoms with van der Waals surface area (Å²) in [5.41, 5.74) is 1.93. The Hall–Kier alpha value is -2.06. The van der Waals surface area contributed by atoms with E-state index in [1.165, 1.54) is 20.0 Å². The van der Waals surface area contributed by atoms with Gasteiger partial charge in [0.25, 0.3) is 0 Å². The van der Waals surface area contributed by atoms with Crippen LogP contribution in [-0.2, 0) is 16.0 Å². The molecular weight excluding hydrogens is 517 g/mol. The maximum Gasteiger partial charge on any atom is 0.309 e. The average Bonchev–Trinajstić information content (AvgIpc) is 3.54. The number of hydrogen-bond donors (Lipinski definition) is 0. The van der Waals surface area contributed by atoms with Gasteiger partial charge in [0.15, 0.2) is 5.13 Å². The van der Waals surface area contributed by atoms with Crippen molar-refractivity contribution in [1.82, 2.24) is 9.88 Å². The van der Waals surface area contributed by atoms with E-state index >= 15 is 0 Å². The predicted molar refractivity (Wildman–Crippen MR) is 147 cm³/mol. The summed E-state index contributed by atoms with van der Waals surface area (Å²) in [4.78, 5) is 21.7. The first-order valence-electron chi connectivity index (χ1n) is 12.5. The second-order valence-electron chi connectivity index (χ2n) is 9.66. The third kappa shape index (κ3) is 5.75. The molecule has 9 heteroatoms. The number of thiazole rings is 1. The Morgan fingerprint density at radius 2 is 1.83 bits per heavy atom. The molecule has 0 atom stereocenters. The lowest BCUT2D eigenvalue weighted by Crippen LogP contribution is -2.55. The number of halogens is 2. The van der Waals surface area contributed by atoms with Crippen LogP contribution in [0.2, 0.25) is 10.0 Å².